The third kappa shape index (κ3) is 3.52. The molecule has 2 N–H and O–H groups in total. The fourth-order valence-corrected chi connectivity index (χ4v) is 6.37. The highest BCUT2D eigenvalue weighted by molar-refractivity contribution is 5.82. The zero-order valence-corrected chi connectivity index (χ0v) is 19.1. The van der Waals surface area contributed by atoms with Crippen molar-refractivity contribution < 1.29 is 9.59 Å². The van der Waals surface area contributed by atoms with Crippen LogP contribution in [-0.4, -0.2) is 54.3 Å². The van der Waals surface area contributed by atoms with Gasteiger partial charge in [0.1, 0.15) is 18.7 Å². The van der Waals surface area contributed by atoms with Gasteiger partial charge in [0.15, 0.2) is 0 Å². The van der Waals surface area contributed by atoms with Gasteiger partial charge >= 0.3 is 0 Å². The lowest BCUT2D eigenvalue weighted by Gasteiger charge is -2.58. The van der Waals surface area contributed by atoms with E-state index in [9.17, 15) is 5.11 Å². The molecule has 172 valence electrons. The summed E-state index contributed by atoms with van der Waals surface area (Å²) in [6, 6.07) is 18.7. The molecule has 0 aliphatic carbocycles. The number of nitrogens with one attached hydrogen (secondary N) is 1. The lowest BCUT2D eigenvalue weighted by Crippen LogP contribution is -2.67. The van der Waals surface area contributed by atoms with Crippen molar-refractivity contribution in [3.8, 4) is 11.4 Å². The maximum atomic E-state index is 11.8. The summed E-state index contributed by atoms with van der Waals surface area (Å²) in [5.41, 5.74) is 4.12. The Balaban J connectivity index is 1.35. The Morgan fingerprint density at radius 2 is 2.00 bits per heavy atom. The van der Waals surface area contributed by atoms with E-state index in [2.05, 4.69) is 68.6 Å². The van der Waals surface area contributed by atoms with Gasteiger partial charge < -0.3 is 9.59 Å². The number of quaternary nitrogens is 1. The minimum absolute atomic E-state index is 0.137. The Hall–Kier alpha value is -3.42. The van der Waals surface area contributed by atoms with Crippen molar-refractivity contribution >= 4 is 10.9 Å². The zero-order valence-electron chi connectivity index (χ0n) is 19.1. The van der Waals surface area contributed by atoms with E-state index in [4.69, 9.17) is 0 Å². The monoisotopic (exact) mass is 453 g/mol. The Kier molecular flexibility index (Phi) is 5.23. The first-order chi connectivity index (χ1) is 16.7. The summed E-state index contributed by atoms with van der Waals surface area (Å²) < 4.78 is 0.882. The Morgan fingerprint density at radius 1 is 1.15 bits per heavy atom. The fourth-order valence-electron chi connectivity index (χ4n) is 6.37. The van der Waals surface area contributed by atoms with Gasteiger partial charge in [0, 0.05) is 41.5 Å². The van der Waals surface area contributed by atoms with E-state index in [1.807, 2.05) is 30.5 Å². The second-order valence-electron chi connectivity index (χ2n) is 9.83. The topological polar surface area (TPSA) is 87.6 Å². The smallest absolute Gasteiger partial charge is 0.204 e. The van der Waals surface area contributed by atoms with Gasteiger partial charge in [-0.2, -0.15) is 5.21 Å². The predicted molar refractivity (Wildman–Crippen MR) is 130 cm³/mol. The molecule has 7 heteroatoms. The van der Waals surface area contributed by atoms with Crippen LogP contribution < -0.4 is 0 Å². The molecule has 3 fully saturated rings. The molecule has 5 heterocycles. The molecule has 3 aliphatic rings. The molecule has 7 rings (SSSR count). The Bertz CT molecular complexity index is 1300. The van der Waals surface area contributed by atoms with Gasteiger partial charge in [0.2, 0.25) is 5.82 Å². The van der Waals surface area contributed by atoms with Crippen LogP contribution >= 0.6 is 0 Å². The normalized spacial score (nSPS) is 27.0. The molecular weight excluding hydrogens is 424 g/mol. The number of para-hydroxylation sites is 1. The number of hydrogen-bond donors (Lipinski definition) is 2. The summed E-state index contributed by atoms with van der Waals surface area (Å²) in [4.78, 5) is 4.51. The summed E-state index contributed by atoms with van der Waals surface area (Å²) in [5, 5.41) is 27.2. The summed E-state index contributed by atoms with van der Waals surface area (Å²) >= 11 is 0. The first-order valence-electron chi connectivity index (χ1n) is 12.0. The standard InChI is InChI=1S/C27H29N6O/c1-2-19-17-33(16-18-7-9-20(10-8-18)27-29-31-32-30-27)14-12-21(19)15-25(33)26(34)23-11-13-28-24-6-4-3-5-22(23)24/h2-11,13,19,21,25-26,34H,1,12,14-17H2,(H,29,30,31,32)/q+1/t19?,21-,25-,26+,33-/m0/s1. The molecule has 1 unspecified atom stereocenters. The quantitative estimate of drug-likeness (QED) is 0.340. The van der Waals surface area contributed by atoms with Crippen molar-refractivity contribution in [3.05, 3.63) is 84.6 Å². The fraction of sp³-hybridized carbons (Fsp3) is 0.333. The number of rotatable bonds is 6. The third-order valence-corrected chi connectivity index (χ3v) is 8.10. The third-order valence-electron chi connectivity index (χ3n) is 8.10. The van der Waals surface area contributed by atoms with Crippen molar-refractivity contribution in [2.45, 2.75) is 31.5 Å². The number of aromatic nitrogens is 5. The van der Waals surface area contributed by atoms with E-state index in [-0.39, 0.29) is 6.04 Å². The van der Waals surface area contributed by atoms with E-state index >= 15 is 0 Å². The van der Waals surface area contributed by atoms with Gasteiger partial charge in [-0.1, -0.05) is 48.5 Å². The highest BCUT2D eigenvalue weighted by Crippen LogP contribution is 2.48. The highest BCUT2D eigenvalue weighted by Gasteiger charge is 2.53. The minimum atomic E-state index is -0.542. The zero-order chi connectivity index (χ0) is 23.1. The average molecular weight is 454 g/mol. The van der Waals surface area contributed by atoms with Crippen LogP contribution in [0, 0.1) is 11.8 Å². The van der Waals surface area contributed by atoms with Crippen LogP contribution in [0.3, 0.4) is 0 Å². The van der Waals surface area contributed by atoms with Crippen LogP contribution in [-0.2, 0) is 6.54 Å². The van der Waals surface area contributed by atoms with Crippen molar-refractivity contribution in [3.63, 3.8) is 0 Å². The van der Waals surface area contributed by atoms with Crippen LogP contribution in [0.15, 0.2) is 73.4 Å². The molecule has 5 atom stereocenters. The first-order valence-corrected chi connectivity index (χ1v) is 12.0. The molecule has 7 nitrogen and oxygen atoms in total. The molecule has 3 aliphatic heterocycles. The van der Waals surface area contributed by atoms with Gasteiger partial charge in [0.05, 0.1) is 18.6 Å². The number of nitrogens with zero attached hydrogens (tertiary/aromatic N) is 5. The number of pyridine rings is 1. The van der Waals surface area contributed by atoms with Gasteiger partial charge in [-0.05, 0) is 28.8 Å². The van der Waals surface area contributed by atoms with Gasteiger partial charge in [-0.15, -0.1) is 16.8 Å². The number of benzene rings is 2. The van der Waals surface area contributed by atoms with E-state index in [1.54, 1.807) is 0 Å². The lowest BCUT2D eigenvalue weighted by molar-refractivity contribution is -0.984. The largest absolute Gasteiger partial charge is 0.382 e. The molecule has 2 bridgehead atoms. The number of fused-ring (bicyclic) bond motifs is 4. The summed E-state index contributed by atoms with van der Waals surface area (Å²) in [6.45, 7) is 7.13. The van der Waals surface area contributed by atoms with Crippen molar-refractivity contribution in [2.24, 2.45) is 11.8 Å². The van der Waals surface area contributed by atoms with E-state index in [0.29, 0.717) is 17.7 Å². The van der Waals surface area contributed by atoms with Gasteiger partial charge in [0.25, 0.3) is 0 Å². The Labute approximate surface area is 198 Å². The number of piperidine rings is 3. The number of aliphatic hydroxyl groups excluding tert-OH is 1. The van der Waals surface area contributed by atoms with Crippen molar-refractivity contribution in [1.29, 1.82) is 0 Å². The molecule has 0 saturated carbocycles. The predicted octanol–water partition coefficient (Wildman–Crippen LogP) is 4.06. The SMILES string of the molecule is C=CC1C[N@@+]2(Cc3ccc(-c4nn[nH]n4)cc3)CC[C@H]1C[C@H]2[C@H](O)c1ccnc2ccccc12. The maximum Gasteiger partial charge on any atom is 0.204 e. The lowest BCUT2D eigenvalue weighted by atomic mass is 9.71. The molecular formula is C27H29N6O+. The number of aromatic amines is 1. The second kappa shape index (κ2) is 8.42. The minimum Gasteiger partial charge on any atom is -0.382 e. The summed E-state index contributed by atoms with van der Waals surface area (Å²) in [6.07, 6.45) is 5.61. The molecule has 0 amide bonds. The Morgan fingerprint density at radius 3 is 2.79 bits per heavy atom. The summed E-state index contributed by atoms with van der Waals surface area (Å²) in [7, 11) is 0. The van der Waals surface area contributed by atoms with Gasteiger partial charge in [-0.25, -0.2) is 0 Å². The molecule has 0 spiro atoms. The number of aliphatic hydroxyl groups is 1. The van der Waals surface area contributed by atoms with Crippen LogP contribution in [0.25, 0.3) is 22.3 Å². The number of H-pyrrole nitrogens is 1. The van der Waals surface area contributed by atoms with Gasteiger partial charge in [-0.3, -0.25) is 4.98 Å². The molecule has 0 radical (unpaired) electrons. The molecule has 2 aromatic carbocycles. The average Bonchev–Trinajstić information content (AvgIpc) is 3.43. The molecule has 4 aromatic rings. The molecule has 3 saturated heterocycles. The molecule has 2 aromatic heterocycles. The van der Waals surface area contributed by atoms with E-state index in [0.717, 1.165) is 52.6 Å². The highest BCUT2D eigenvalue weighted by atomic mass is 16.3. The molecule has 34 heavy (non-hydrogen) atoms. The summed E-state index contributed by atoms with van der Waals surface area (Å²) in [5.74, 6) is 1.68. The van der Waals surface area contributed by atoms with E-state index < -0.39 is 6.10 Å². The maximum absolute atomic E-state index is 11.8. The number of hydrogen-bond acceptors (Lipinski definition) is 5. The number of tetrazole rings is 1. The van der Waals surface area contributed by atoms with Crippen LogP contribution in [0.2, 0.25) is 0 Å². The van der Waals surface area contributed by atoms with E-state index in [1.165, 1.54) is 12.0 Å². The second-order valence-corrected chi connectivity index (χ2v) is 9.83. The van der Waals surface area contributed by atoms with Crippen molar-refractivity contribution in [2.75, 3.05) is 13.1 Å². The van der Waals surface area contributed by atoms with Crippen LogP contribution in [0.5, 0.6) is 0 Å². The van der Waals surface area contributed by atoms with Crippen LogP contribution in [0.4, 0.5) is 0 Å². The first kappa shape index (κ1) is 21.1. The van der Waals surface area contributed by atoms with Crippen molar-refractivity contribution in [1.82, 2.24) is 25.6 Å². The van der Waals surface area contributed by atoms with Crippen LogP contribution in [0.1, 0.15) is 30.1 Å².